The largest absolute Gasteiger partial charge is 0.445 e. The number of hydrogen-bond acceptors (Lipinski definition) is 3. The Labute approximate surface area is 137 Å². The molecule has 1 atom stereocenters. The number of nitrogens with zero attached hydrogens (tertiary/aromatic N) is 2. The first-order valence-corrected chi connectivity index (χ1v) is 8.15. The van der Waals surface area contributed by atoms with E-state index >= 15 is 0 Å². The van der Waals surface area contributed by atoms with Crippen molar-refractivity contribution in [2.24, 2.45) is 0 Å². The van der Waals surface area contributed by atoms with Crippen molar-refractivity contribution in [3.63, 3.8) is 0 Å². The Morgan fingerprint density at radius 2 is 2.00 bits per heavy atom. The predicted octanol–water partition coefficient (Wildman–Crippen LogP) is 4.25. The fraction of sp³-hybridized carbons (Fsp3) is 0.368. The Bertz CT molecular complexity index is 657. The number of carbonyl (C=O) groups is 1. The summed E-state index contributed by atoms with van der Waals surface area (Å²) in [6.07, 6.45) is 2.82. The van der Waals surface area contributed by atoms with E-state index in [9.17, 15) is 4.79 Å². The third-order valence-electron chi connectivity index (χ3n) is 4.19. The molecule has 3 rings (SSSR count). The number of carbonyl (C=O) groups excluding carboxylic acids is 1. The molecule has 1 aliphatic heterocycles. The summed E-state index contributed by atoms with van der Waals surface area (Å²) < 4.78 is 5.51. The minimum Gasteiger partial charge on any atom is -0.445 e. The molecular formula is C19H22N2O2. The zero-order chi connectivity index (χ0) is 16.1. The van der Waals surface area contributed by atoms with Gasteiger partial charge in [0, 0.05) is 12.2 Å². The normalized spacial score (nSPS) is 17.8. The summed E-state index contributed by atoms with van der Waals surface area (Å²) in [5.41, 5.74) is 2.94. The van der Waals surface area contributed by atoms with E-state index in [2.05, 4.69) is 4.98 Å². The monoisotopic (exact) mass is 310 g/mol. The van der Waals surface area contributed by atoms with Crippen LogP contribution >= 0.6 is 0 Å². The topological polar surface area (TPSA) is 42.4 Å². The van der Waals surface area contributed by atoms with Crippen LogP contribution in [0.3, 0.4) is 0 Å². The number of benzene rings is 1. The number of ether oxygens (including phenoxy) is 1. The minimum atomic E-state index is -0.248. The molecule has 4 heteroatoms. The summed E-state index contributed by atoms with van der Waals surface area (Å²) in [6.45, 7) is 3.02. The Balaban J connectivity index is 1.69. The number of piperidine rings is 1. The number of pyridine rings is 1. The Morgan fingerprint density at radius 3 is 2.78 bits per heavy atom. The Kier molecular flexibility index (Phi) is 4.91. The summed E-state index contributed by atoms with van der Waals surface area (Å²) in [6, 6.07) is 15.8. The molecule has 1 aromatic heterocycles. The maximum absolute atomic E-state index is 12.5. The quantitative estimate of drug-likeness (QED) is 0.851. The highest BCUT2D eigenvalue weighted by atomic mass is 16.6. The molecule has 0 bridgehead atoms. The number of aromatic nitrogens is 1. The minimum absolute atomic E-state index is 0.0203. The van der Waals surface area contributed by atoms with E-state index in [1.807, 2.05) is 60.4 Å². The van der Waals surface area contributed by atoms with Crippen LogP contribution in [-0.2, 0) is 11.3 Å². The van der Waals surface area contributed by atoms with Crippen molar-refractivity contribution in [1.82, 2.24) is 9.88 Å². The molecule has 0 aliphatic carbocycles. The van der Waals surface area contributed by atoms with Gasteiger partial charge in [0.1, 0.15) is 6.61 Å². The van der Waals surface area contributed by atoms with E-state index in [0.717, 1.165) is 42.8 Å². The summed E-state index contributed by atoms with van der Waals surface area (Å²) in [4.78, 5) is 18.9. The van der Waals surface area contributed by atoms with Crippen molar-refractivity contribution < 1.29 is 9.53 Å². The Morgan fingerprint density at radius 1 is 1.17 bits per heavy atom. The molecule has 2 heterocycles. The van der Waals surface area contributed by atoms with E-state index in [0.29, 0.717) is 6.61 Å². The summed E-state index contributed by atoms with van der Waals surface area (Å²) in [5.74, 6) is 0. The van der Waals surface area contributed by atoms with Crippen LogP contribution in [0.4, 0.5) is 4.79 Å². The number of rotatable bonds is 3. The molecule has 1 aromatic carbocycles. The van der Waals surface area contributed by atoms with Crippen LogP contribution < -0.4 is 0 Å². The van der Waals surface area contributed by atoms with Gasteiger partial charge < -0.3 is 4.74 Å². The lowest BCUT2D eigenvalue weighted by molar-refractivity contribution is 0.0669. The molecule has 1 fully saturated rings. The second kappa shape index (κ2) is 7.27. The van der Waals surface area contributed by atoms with Gasteiger partial charge in [-0.2, -0.15) is 0 Å². The fourth-order valence-electron chi connectivity index (χ4n) is 3.01. The number of likely N-dealkylation sites (tertiary alicyclic amines) is 1. The lowest BCUT2D eigenvalue weighted by Gasteiger charge is -2.34. The number of amides is 1. The van der Waals surface area contributed by atoms with Gasteiger partial charge in [-0.1, -0.05) is 36.4 Å². The van der Waals surface area contributed by atoms with Crippen molar-refractivity contribution in [3.8, 4) is 0 Å². The molecule has 1 amide bonds. The second-order valence-electron chi connectivity index (χ2n) is 5.95. The smallest absolute Gasteiger partial charge is 0.410 e. The van der Waals surface area contributed by atoms with Crippen molar-refractivity contribution >= 4 is 6.09 Å². The molecule has 23 heavy (non-hydrogen) atoms. The highest BCUT2D eigenvalue weighted by Gasteiger charge is 2.30. The van der Waals surface area contributed by atoms with Crippen LogP contribution in [0.2, 0.25) is 0 Å². The van der Waals surface area contributed by atoms with Gasteiger partial charge in [0.05, 0.1) is 11.7 Å². The second-order valence-corrected chi connectivity index (χ2v) is 5.95. The van der Waals surface area contributed by atoms with Crippen LogP contribution in [0.1, 0.15) is 42.3 Å². The van der Waals surface area contributed by atoms with Crippen molar-refractivity contribution in [2.75, 3.05) is 6.54 Å². The first-order valence-electron chi connectivity index (χ1n) is 8.15. The van der Waals surface area contributed by atoms with E-state index in [1.165, 1.54) is 0 Å². The molecule has 0 spiro atoms. The van der Waals surface area contributed by atoms with Crippen LogP contribution in [-0.4, -0.2) is 22.5 Å². The molecule has 1 aliphatic rings. The highest BCUT2D eigenvalue weighted by molar-refractivity contribution is 5.68. The summed E-state index contributed by atoms with van der Waals surface area (Å²) in [5, 5.41) is 0. The van der Waals surface area contributed by atoms with Crippen LogP contribution in [0.15, 0.2) is 48.5 Å². The molecule has 4 nitrogen and oxygen atoms in total. The lowest BCUT2D eigenvalue weighted by atomic mass is 9.99. The molecule has 0 saturated carbocycles. The van der Waals surface area contributed by atoms with Gasteiger partial charge in [0.2, 0.25) is 0 Å². The van der Waals surface area contributed by atoms with E-state index in [4.69, 9.17) is 4.74 Å². The molecule has 0 unspecified atom stereocenters. The summed E-state index contributed by atoms with van der Waals surface area (Å²) in [7, 11) is 0. The van der Waals surface area contributed by atoms with Gasteiger partial charge in [-0.05, 0) is 43.9 Å². The third-order valence-corrected chi connectivity index (χ3v) is 4.19. The van der Waals surface area contributed by atoms with Gasteiger partial charge >= 0.3 is 6.09 Å². The van der Waals surface area contributed by atoms with Crippen LogP contribution in [0.25, 0.3) is 0 Å². The standard InChI is InChI=1S/C19H22N2O2/c1-15-8-7-11-17(20-15)18-12-5-6-13-21(18)19(22)23-14-16-9-3-2-4-10-16/h2-4,7-11,18H,5-6,12-14H2,1H3/t18-/m0/s1. The first-order chi connectivity index (χ1) is 11.2. The molecule has 0 radical (unpaired) electrons. The molecule has 0 N–H and O–H groups in total. The van der Waals surface area contributed by atoms with Gasteiger partial charge in [-0.3, -0.25) is 9.88 Å². The predicted molar refractivity (Wildman–Crippen MR) is 88.9 cm³/mol. The average Bonchev–Trinajstić information content (AvgIpc) is 2.60. The zero-order valence-electron chi connectivity index (χ0n) is 13.4. The van der Waals surface area contributed by atoms with Crippen molar-refractivity contribution in [2.45, 2.75) is 38.8 Å². The maximum Gasteiger partial charge on any atom is 0.410 e. The number of hydrogen-bond donors (Lipinski definition) is 0. The SMILES string of the molecule is Cc1cccc([C@@H]2CCCCN2C(=O)OCc2ccccc2)n1. The van der Waals surface area contributed by atoms with E-state index in [1.54, 1.807) is 0 Å². The van der Waals surface area contributed by atoms with Gasteiger partial charge in [-0.15, -0.1) is 0 Å². The molecule has 1 saturated heterocycles. The zero-order valence-corrected chi connectivity index (χ0v) is 13.4. The van der Waals surface area contributed by atoms with Crippen molar-refractivity contribution in [3.05, 3.63) is 65.5 Å². The van der Waals surface area contributed by atoms with E-state index in [-0.39, 0.29) is 12.1 Å². The first kappa shape index (κ1) is 15.5. The van der Waals surface area contributed by atoms with Crippen LogP contribution in [0.5, 0.6) is 0 Å². The third kappa shape index (κ3) is 3.89. The maximum atomic E-state index is 12.5. The highest BCUT2D eigenvalue weighted by Crippen LogP contribution is 2.30. The molecule has 2 aromatic rings. The van der Waals surface area contributed by atoms with Gasteiger partial charge in [-0.25, -0.2) is 4.79 Å². The Hall–Kier alpha value is -2.36. The summed E-state index contributed by atoms with van der Waals surface area (Å²) >= 11 is 0. The average molecular weight is 310 g/mol. The van der Waals surface area contributed by atoms with E-state index < -0.39 is 0 Å². The van der Waals surface area contributed by atoms with Crippen LogP contribution in [0, 0.1) is 6.92 Å². The lowest BCUT2D eigenvalue weighted by Crippen LogP contribution is -2.39. The molecular weight excluding hydrogens is 288 g/mol. The van der Waals surface area contributed by atoms with Crippen molar-refractivity contribution in [1.29, 1.82) is 0 Å². The molecule has 120 valence electrons. The van der Waals surface area contributed by atoms with Gasteiger partial charge in [0.25, 0.3) is 0 Å². The number of aryl methyl sites for hydroxylation is 1. The van der Waals surface area contributed by atoms with Gasteiger partial charge in [0.15, 0.2) is 0 Å². The fourth-order valence-corrected chi connectivity index (χ4v) is 3.01.